The highest BCUT2D eigenvalue weighted by Gasteiger charge is 2.29. The molecule has 0 spiro atoms. The van der Waals surface area contributed by atoms with Crippen molar-refractivity contribution in [1.82, 2.24) is 10.2 Å². The zero-order chi connectivity index (χ0) is 29.5. The van der Waals surface area contributed by atoms with Crippen molar-refractivity contribution in [2.24, 2.45) is 5.92 Å². The van der Waals surface area contributed by atoms with E-state index in [4.69, 9.17) is 34.8 Å². The minimum Gasteiger partial charge on any atom is -0.480 e. The highest BCUT2D eigenvalue weighted by atomic mass is 35.5. The molecule has 1 saturated heterocycles. The standard InChI is InChI=1S/C31H29Cl3N2O4S/c1-41-26-11-9-21(28(33)29(26)34)10-12-27(37)36-15-13-22(14-16-36)30(38)35-25(31(39)40)17-19-5-7-20(8-6-19)23-3-2-4-24(32)18-23/h2-12,18,22,25H,13-17H2,1H3,(H,35,38)(H,39,40). The number of hydrogen-bond acceptors (Lipinski definition) is 4. The van der Waals surface area contributed by atoms with Crippen LogP contribution in [0.5, 0.6) is 0 Å². The third-order valence-corrected chi connectivity index (χ3v) is 9.07. The number of benzene rings is 3. The van der Waals surface area contributed by atoms with E-state index in [9.17, 15) is 19.5 Å². The Morgan fingerprint density at radius 3 is 2.34 bits per heavy atom. The van der Waals surface area contributed by atoms with Crippen LogP contribution in [-0.4, -0.2) is 53.2 Å². The fraction of sp³-hybridized carbons (Fsp3) is 0.258. The average Bonchev–Trinajstić information content (AvgIpc) is 2.97. The Bertz CT molecular complexity index is 1450. The number of halogens is 3. The first-order valence-corrected chi connectivity index (χ1v) is 15.4. The molecule has 1 unspecified atom stereocenters. The number of piperidine rings is 1. The zero-order valence-electron chi connectivity index (χ0n) is 22.3. The van der Waals surface area contributed by atoms with Gasteiger partial charge in [0.05, 0.1) is 10.0 Å². The van der Waals surface area contributed by atoms with E-state index in [1.807, 2.05) is 60.9 Å². The zero-order valence-corrected chi connectivity index (χ0v) is 25.4. The molecule has 0 radical (unpaired) electrons. The molecule has 0 aliphatic carbocycles. The summed E-state index contributed by atoms with van der Waals surface area (Å²) in [5.41, 5.74) is 3.37. The largest absolute Gasteiger partial charge is 0.480 e. The van der Waals surface area contributed by atoms with Crippen LogP contribution in [-0.2, 0) is 20.8 Å². The normalized spacial score (nSPS) is 14.7. The summed E-state index contributed by atoms with van der Waals surface area (Å²) in [6, 6.07) is 17.6. The first-order valence-electron chi connectivity index (χ1n) is 13.0. The Morgan fingerprint density at radius 1 is 1.00 bits per heavy atom. The summed E-state index contributed by atoms with van der Waals surface area (Å²) in [6.45, 7) is 0.785. The Kier molecular flexibility index (Phi) is 10.8. The van der Waals surface area contributed by atoms with Gasteiger partial charge < -0.3 is 15.3 Å². The Labute approximate surface area is 258 Å². The van der Waals surface area contributed by atoms with Crippen molar-refractivity contribution in [2.75, 3.05) is 19.3 Å². The van der Waals surface area contributed by atoms with Crippen molar-refractivity contribution < 1.29 is 19.5 Å². The minimum atomic E-state index is -1.10. The molecule has 2 N–H and O–H groups in total. The molecule has 3 aromatic rings. The summed E-state index contributed by atoms with van der Waals surface area (Å²) >= 11 is 20.2. The van der Waals surface area contributed by atoms with Crippen LogP contribution in [0.4, 0.5) is 0 Å². The molecule has 0 saturated carbocycles. The molecule has 41 heavy (non-hydrogen) atoms. The molecule has 0 aromatic heterocycles. The van der Waals surface area contributed by atoms with Gasteiger partial charge in [-0.2, -0.15) is 0 Å². The second-order valence-corrected chi connectivity index (χ2v) is 11.8. The van der Waals surface area contributed by atoms with Crippen molar-refractivity contribution in [3.05, 3.63) is 92.9 Å². The smallest absolute Gasteiger partial charge is 0.326 e. The van der Waals surface area contributed by atoms with Crippen LogP contribution in [0.2, 0.25) is 15.1 Å². The van der Waals surface area contributed by atoms with Gasteiger partial charge in [-0.1, -0.05) is 77.3 Å². The maximum atomic E-state index is 12.9. The van der Waals surface area contributed by atoms with Crippen LogP contribution in [0.3, 0.4) is 0 Å². The fourth-order valence-electron chi connectivity index (χ4n) is 4.69. The Balaban J connectivity index is 1.30. The number of rotatable bonds is 9. The van der Waals surface area contributed by atoms with Crippen molar-refractivity contribution in [2.45, 2.75) is 30.2 Å². The molecular formula is C31H29Cl3N2O4S. The van der Waals surface area contributed by atoms with E-state index in [2.05, 4.69) is 5.32 Å². The van der Waals surface area contributed by atoms with Gasteiger partial charge in [0.15, 0.2) is 0 Å². The van der Waals surface area contributed by atoms with Crippen molar-refractivity contribution >= 4 is 70.4 Å². The summed E-state index contributed by atoms with van der Waals surface area (Å²) < 4.78 is 0. The second kappa shape index (κ2) is 14.3. The number of amides is 2. The van der Waals surface area contributed by atoms with Gasteiger partial charge in [-0.15, -0.1) is 11.8 Å². The van der Waals surface area contributed by atoms with Crippen LogP contribution in [0.25, 0.3) is 17.2 Å². The molecule has 1 aliphatic heterocycles. The number of carboxylic acids is 1. The third-order valence-electron chi connectivity index (χ3n) is 7.05. The highest BCUT2D eigenvalue weighted by Crippen LogP contribution is 2.35. The molecule has 3 aromatic carbocycles. The molecule has 1 aliphatic rings. The van der Waals surface area contributed by atoms with E-state index in [-0.39, 0.29) is 24.2 Å². The van der Waals surface area contributed by atoms with E-state index in [1.165, 1.54) is 17.8 Å². The van der Waals surface area contributed by atoms with Gasteiger partial charge in [-0.3, -0.25) is 9.59 Å². The number of hydrogen-bond donors (Lipinski definition) is 2. The number of carbonyl (C=O) groups is 3. The number of likely N-dealkylation sites (tertiary alicyclic amines) is 1. The number of nitrogens with one attached hydrogen (secondary N) is 1. The van der Waals surface area contributed by atoms with Gasteiger partial charge in [0.25, 0.3) is 0 Å². The van der Waals surface area contributed by atoms with E-state index in [1.54, 1.807) is 17.0 Å². The van der Waals surface area contributed by atoms with Gasteiger partial charge in [0.2, 0.25) is 11.8 Å². The summed E-state index contributed by atoms with van der Waals surface area (Å²) in [6.07, 6.45) is 6.04. The quantitative estimate of drug-likeness (QED) is 0.194. The lowest BCUT2D eigenvalue weighted by molar-refractivity contribution is -0.142. The van der Waals surface area contributed by atoms with Gasteiger partial charge in [0, 0.05) is 41.4 Å². The number of aliphatic carboxylic acids is 1. The van der Waals surface area contributed by atoms with Crippen LogP contribution >= 0.6 is 46.6 Å². The van der Waals surface area contributed by atoms with Gasteiger partial charge in [-0.05, 0) is 65.6 Å². The molecule has 1 heterocycles. The predicted molar refractivity (Wildman–Crippen MR) is 167 cm³/mol. The summed E-state index contributed by atoms with van der Waals surface area (Å²) in [5.74, 6) is -1.97. The van der Waals surface area contributed by atoms with Gasteiger partial charge in [0.1, 0.15) is 6.04 Å². The summed E-state index contributed by atoms with van der Waals surface area (Å²) in [4.78, 5) is 40.2. The van der Waals surface area contributed by atoms with Crippen molar-refractivity contribution in [3.8, 4) is 11.1 Å². The predicted octanol–water partition coefficient (Wildman–Crippen LogP) is 7.10. The highest BCUT2D eigenvalue weighted by molar-refractivity contribution is 7.98. The number of carbonyl (C=O) groups excluding carboxylic acids is 2. The first-order chi connectivity index (χ1) is 19.7. The van der Waals surface area contributed by atoms with Crippen LogP contribution in [0.15, 0.2) is 71.6 Å². The molecule has 1 atom stereocenters. The van der Waals surface area contributed by atoms with E-state index in [0.29, 0.717) is 46.6 Å². The average molecular weight is 632 g/mol. The molecule has 4 rings (SSSR count). The molecule has 214 valence electrons. The third kappa shape index (κ3) is 8.07. The molecule has 0 bridgehead atoms. The van der Waals surface area contributed by atoms with Crippen molar-refractivity contribution in [1.29, 1.82) is 0 Å². The number of carboxylic acid groups (broad SMARTS) is 1. The van der Waals surface area contributed by atoms with E-state index >= 15 is 0 Å². The molecular weight excluding hydrogens is 603 g/mol. The molecule has 1 fully saturated rings. The van der Waals surface area contributed by atoms with E-state index in [0.717, 1.165) is 21.6 Å². The fourth-order valence-corrected chi connectivity index (χ4v) is 6.05. The maximum absolute atomic E-state index is 12.9. The topological polar surface area (TPSA) is 86.7 Å². The molecule has 10 heteroatoms. The van der Waals surface area contributed by atoms with Crippen molar-refractivity contribution in [3.63, 3.8) is 0 Å². The lowest BCUT2D eigenvalue weighted by Gasteiger charge is -2.31. The second-order valence-electron chi connectivity index (χ2n) is 9.73. The Morgan fingerprint density at radius 2 is 1.71 bits per heavy atom. The summed E-state index contributed by atoms with van der Waals surface area (Å²) in [7, 11) is 0. The van der Waals surface area contributed by atoms with Crippen LogP contribution < -0.4 is 5.32 Å². The number of thioether (sulfide) groups is 1. The molecule has 2 amide bonds. The summed E-state index contributed by atoms with van der Waals surface area (Å²) in [5, 5.41) is 14.0. The monoisotopic (exact) mass is 630 g/mol. The lowest BCUT2D eigenvalue weighted by atomic mass is 9.94. The van der Waals surface area contributed by atoms with Gasteiger partial charge >= 0.3 is 5.97 Å². The van der Waals surface area contributed by atoms with Crippen LogP contribution in [0, 0.1) is 5.92 Å². The Hall–Kier alpha value is -2.97. The lowest BCUT2D eigenvalue weighted by Crippen LogP contribution is -2.48. The van der Waals surface area contributed by atoms with Crippen LogP contribution in [0.1, 0.15) is 24.0 Å². The van der Waals surface area contributed by atoms with E-state index < -0.39 is 12.0 Å². The minimum absolute atomic E-state index is 0.156. The first kappa shape index (κ1) is 31.0. The SMILES string of the molecule is CSc1ccc(C=CC(=O)N2CCC(C(=O)NC(Cc3ccc(-c4cccc(Cl)c4)cc3)C(=O)O)CC2)c(Cl)c1Cl. The molecule has 6 nitrogen and oxygen atoms in total. The number of nitrogens with zero attached hydrogens (tertiary/aromatic N) is 1. The maximum Gasteiger partial charge on any atom is 0.326 e. The van der Waals surface area contributed by atoms with Gasteiger partial charge in [-0.25, -0.2) is 4.79 Å².